The minimum Gasteiger partial charge on any atom is -0.496 e. The highest BCUT2D eigenvalue weighted by Crippen LogP contribution is 2.21. The molecule has 0 unspecified atom stereocenters. The summed E-state index contributed by atoms with van der Waals surface area (Å²) in [4.78, 5) is 15.0. The molecule has 3 rings (SSSR count). The molecule has 0 bridgehead atoms. The van der Waals surface area contributed by atoms with E-state index < -0.39 is 0 Å². The SMILES string of the molecule is CC[C@H](CNC(=O)c1ccccc1OC)N1CCc2ccccc2C1. The van der Waals surface area contributed by atoms with Gasteiger partial charge in [0, 0.05) is 25.7 Å². The minimum atomic E-state index is -0.0756. The van der Waals surface area contributed by atoms with Crippen LogP contribution in [0.1, 0.15) is 34.8 Å². The van der Waals surface area contributed by atoms with E-state index in [1.807, 2.05) is 18.2 Å². The van der Waals surface area contributed by atoms with Crippen LogP contribution in [0.4, 0.5) is 0 Å². The number of hydrogen-bond acceptors (Lipinski definition) is 3. The van der Waals surface area contributed by atoms with Gasteiger partial charge >= 0.3 is 0 Å². The number of nitrogens with zero attached hydrogens (tertiary/aromatic N) is 1. The van der Waals surface area contributed by atoms with Gasteiger partial charge in [0.2, 0.25) is 0 Å². The lowest BCUT2D eigenvalue weighted by atomic mass is 9.98. The summed E-state index contributed by atoms with van der Waals surface area (Å²) in [5, 5.41) is 3.09. The molecule has 1 aliphatic heterocycles. The molecule has 0 aromatic heterocycles. The molecule has 4 nitrogen and oxygen atoms in total. The Morgan fingerprint density at radius 2 is 1.88 bits per heavy atom. The van der Waals surface area contributed by atoms with Gasteiger partial charge in [0.25, 0.3) is 5.91 Å². The van der Waals surface area contributed by atoms with Crippen LogP contribution in [0.3, 0.4) is 0 Å². The molecule has 1 aliphatic rings. The third-order valence-electron chi connectivity index (χ3n) is 5.00. The molecule has 4 heteroatoms. The molecule has 0 saturated heterocycles. The average molecular weight is 338 g/mol. The van der Waals surface area contributed by atoms with E-state index in [0.29, 0.717) is 23.9 Å². The van der Waals surface area contributed by atoms with Gasteiger partial charge in [-0.15, -0.1) is 0 Å². The first kappa shape index (κ1) is 17.5. The maximum atomic E-state index is 12.5. The van der Waals surface area contributed by atoms with Crippen molar-refractivity contribution >= 4 is 5.91 Å². The van der Waals surface area contributed by atoms with E-state index in [1.54, 1.807) is 13.2 Å². The number of carbonyl (C=O) groups excluding carboxylic acids is 1. The van der Waals surface area contributed by atoms with E-state index in [1.165, 1.54) is 11.1 Å². The summed E-state index contributed by atoms with van der Waals surface area (Å²) in [7, 11) is 1.59. The summed E-state index contributed by atoms with van der Waals surface area (Å²) in [5.74, 6) is 0.535. The quantitative estimate of drug-likeness (QED) is 0.879. The molecule has 1 heterocycles. The number of carbonyl (C=O) groups is 1. The zero-order chi connectivity index (χ0) is 17.6. The molecular formula is C21H26N2O2. The molecule has 132 valence electrons. The summed E-state index contributed by atoms with van der Waals surface area (Å²) in [5.41, 5.74) is 3.44. The number of benzene rings is 2. The first-order valence-corrected chi connectivity index (χ1v) is 8.95. The summed E-state index contributed by atoms with van der Waals surface area (Å²) in [6.07, 6.45) is 2.08. The molecule has 1 amide bonds. The van der Waals surface area contributed by atoms with Crippen molar-refractivity contribution in [1.29, 1.82) is 0 Å². The molecule has 2 aromatic carbocycles. The second-order valence-corrected chi connectivity index (χ2v) is 6.46. The molecule has 0 radical (unpaired) electrons. The monoisotopic (exact) mass is 338 g/mol. The average Bonchev–Trinajstić information content (AvgIpc) is 2.68. The Balaban J connectivity index is 1.62. The Labute approximate surface area is 149 Å². The number of methoxy groups -OCH3 is 1. The highest BCUT2D eigenvalue weighted by molar-refractivity contribution is 5.96. The summed E-state index contributed by atoms with van der Waals surface area (Å²) >= 11 is 0. The lowest BCUT2D eigenvalue weighted by Crippen LogP contribution is -2.45. The minimum absolute atomic E-state index is 0.0756. The van der Waals surface area contributed by atoms with Gasteiger partial charge in [-0.25, -0.2) is 0 Å². The van der Waals surface area contributed by atoms with Crippen molar-refractivity contribution in [2.45, 2.75) is 32.4 Å². The number of amides is 1. The number of hydrogen-bond donors (Lipinski definition) is 1. The predicted molar refractivity (Wildman–Crippen MR) is 100.0 cm³/mol. The third kappa shape index (κ3) is 4.02. The highest BCUT2D eigenvalue weighted by atomic mass is 16.5. The maximum Gasteiger partial charge on any atom is 0.255 e. The van der Waals surface area contributed by atoms with Crippen molar-refractivity contribution in [3.05, 3.63) is 65.2 Å². The van der Waals surface area contributed by atoms with Gasteiger partial charge in [-0.1, -0.05) is 43.3 Å². The Hall–Kier alpha value is -2.33. The van der Waals surface area contributed by atoms with E-state index in [4.69, 9.17) is 4.74 Å². The Morgan fingerprint density at radius 1 is 1.16 bits per heavy atom. The number of nitrogens with one attached hydrogen (secondary N) is 1. The Morgan fingerprint density at radius 3 is 2.64 bits per heavy atom. The van der Waals surface area contributed by atoms with E-state index >= 15 is 0 Å². The van der Waals surface area contributed by atoms with Crippen LogP contribution in [-0.2, 0) is 13.0 Å². The van der Waals surface area contributed by atoms with Gasteiger partial charge in [0.15, 0.2) is 0 Å². The standard InChI is InChI=1S/C21H26N2O2/c1-3-18(23-13-12-16-8-4-5-9-17(16)15-23)14-22-21(24)19-10-6-7-11-20(19)25-2/h4-11,18H,3,12-15H2,1-2H3,(H,22,24)/t18-/m1/s1. The van der Waals surface area contributed by atoms with Gasteiger partial charge in [-0.3, -0.25) is 9.69 Å². The van der Waals surface area contributed by atoms with Crippen LogP contribution in [0.15, 0.2) is 48.5 Å². The normalized spacial score (nSPS) is 15.3. The maximum absolute atomic E-state index is 12.5. The second-order valence-electron chi connectivity index (χ2n) is 6.46. The smallest absolute Gasteiger partial charge is 0.255 e. The number of fused-ring (bicyclic) bond motifs is 1. The molecule has 1 N–H and O–H groups in total. The summed E-state index contributed by atoms with van der Waals surface area (Å²) in [6, 6.07) is 16.3. The molecular weight excluding hydrogens is 312 g/mol. The number of para-hydroxylation sites is 1. The molecule has 2 aromatic rings. The topological polar surface area (TPSA) is 41.6 Å². The molecule has 1 atom stereocenters. The lowest BCUT2D eigenvalue weighted by Gasteiger charge is -2.35. The van der Waals surface area contributed by atoms with Crippen LogP contribution in [-0.4, -0.2) is 37.0 Å². The lowest BCUT2D eigenvalue weighted by molar-refractivity contribution is 0.0923. The number of rotatable bonds is 6. The van der Waals surface area contributed by atoms with Crippen molar-refractivity contribution in [1.82, 2.24) is 10.2 Å². The van der Waals surface area contributed by atoms with Crippen molar-refractivity contribution in [3.8, 4) is 5.75 Å². The van der Waals surface area contributed by atoms with E-state index in [-0.39, 0.29) is 5.91 Å². The largest absolute Gasteiger partial charge is 0.496 e. The second kappa shape index (κ2) is 8.17. The molecule has 0 fully saturated rings. The van der Waals surface area contributed by atoms with E-state index in [0.717, 1.165) is 25.9 Å². The first-order chi connectivity index (χ1) is 12.2. The van der Waals surface area contributed by atoms with Gasteiger partial charge in [-0.2, -0.15) is 0 Å². The van der Waals surface area contributed by atoms with Crippen LogP contribution in [0.25, 0.3) is 0 Å². The van der Waals surface area contributed by atoms with Gasteiger partial charge in [0.1, 0.15) is 5.75 Å². The Bertz CT molecular complexity index is 729. The first-order valence-electron chi connectivity index (χ1n) is 8.95. The van der Waals surface area contributed by atoms with Gasteiger partial charge in [-0.05, 0) is 36.1 Å². The van der Waals surface area contributed by atoms with E-state index in [9.17, 15) is 4.79 Å². The third-order valence-corrected chi connectivity index (χ3v) is 5.00. The van der Waals surface area contributed by atoms with Gasteiger partial charge in [0.05, 0.1) is 12.7 Å². The van der Waals surface area contributed by atoms with Crippen LogP contribution in [0.2, 0.25) is 0 Å². The summed E-state index contributed by atoms with van der Waals surface area (Å²) in [6.45, 7) is 4.83. The van der Waals surface area contributed by atoms with Crippen molar-refractivity contribution in [2.75, 3.05) is 20.2 Å². The number of ether oxygens (including phenoxy) is 1. The Kier molecular flexibility index (Phi) is 5.71. The van der Waals surface area contributed by atoms with E-state index in [2.05, 4.69) is 41.4 Å². The fourth-order valence-corrected chi connectivity index (χ4v) is 3.50. The zero-order valence-corrected chi connectivity index (χ0v) is 15.0. The van der Waals surface area contributed by atoms with Crippen molar-refractivity contribution < 1.29 is 9.53 Å². The van der Waals surface area contributed by atoms with Crippen molar-refractivity contribution in [2.24, 2.45) is 0 Å². The van der Waals surface area contributed by atoms with Crippen LogP contribution in [0, 0.1) is 0 Å². The molecule has 0 saturated carbocycles. The molecule has 0 spiro atoms. The van der Waals surface area contributed by atoms with Crippen LogP contribution < -0.4 is 10.1 Å². The van der Waals surface area contributed by atoms with Crippen LogP contribution in [0.5, 0.6) is 5.75 Å². The van der Waals surface area contributed by atoms with Crippen LogP contribution >= 0.6 is 0 Å². The fourth-order valence-electron chi connectivity index (χ4n) is 3.50. The zero-order valence-electron chi connectivity index (χ0n) is 15.0. The van der Waals surface area contributed by atoms with Gasteiger partial charge < -0.3 is 10.1 Å². The highest BCUT2D eigenvalue weighted by Gasteiger charge is 2.23. The summed E-state index contributed by atoms with van der Waals surface area (Å²) < 4.78 is 5.28. The van der Waals surface area contributed by atoms with Crippen molar-refractivity contribution in [3.63, 3.8) is 0 Å². The molecule has 0 aliphatic carbocycles. The fraction of sp³-hybridized carbons (Fsp3) is 0.381. The predicted octanol–water partition coefficient (Wildman–Crippen LogP) is 3.26. The molecule has 25 heavy (non-hydrogen) atoms.